The lowest BCUT2D eigenvalue weighted by molar-refractivity contribution is 0.381. The van der Waals surface area contributed by atoms with E-state index in [0.29, 0.717) is 0 Å². The van der Waals surface area contributed by atoms with Crippen LogP contribution in [0.25, 0.3) is 0 Å². The molecule has 0 amide bonds. The molecule has 1 rings (SSSR count). The van der Waals surface area contributed by atoms with E-state index >= 15 is 0 Å². The first-order valence-electron chi connectivity index (χ1n) is 4.31. The smallest absolute Gasteiger partial charge is 0.330 e. The highest BCUT2D eigenvalue weighted by Crippen LogP contribution is 1.79. The Hall–Kier alpha value is -0.950. The lowest BCUT2D eigenvalue weighted by atomic mass is 10.4. The highest BCUT2D eigenvalue weighted by molar-refractivity contribution is 7.79. The summed E-state index contributed by atoms with van der Waals surface area (Å²) in [4.78, 5) is 0. The van der Waals surface area contributed by atoms with Crippen LogP contribution in [0.3, 0.4) is 0 Å². The molecule has 15 heavy (non-hydrogen) atoms. The van der Waals surface area contributed by atoms with Crippen LogP contribution in [0, 0.1) is 0 Å². The SMILES string of the molecule is CCCN.O=S(=O)(O)O.c1ccccc1. The van der Waals surface area contributed by atoms with Crippen molar-refractivity contribution < 1.29 is 17.5 Å². The van der Waals surface area contributed by atoms with Crippen molar-refractivity contribution >= 4 is 10.4 Å². The molecule has 0 aliphatic carbocycles. The first-order chi connectivity index (χ1) is 6.91. The van der Waals surface area contributed by atoms with Crippen molar-refractivity contribution in [1.82, 2.24) is 0 Å². The second-order valence-electron chi connectivity index (χ2n) is 2.39. The zero-order valence-electron chi connectivity index (χ0n) is 8.57. The van der Waals surface area contributed by atoms with E-state index in [1.165, 1.54) is 0 Å². The molecule has 0 bridgehead atoms. The predicted molar refractivity (Wildman–Crippen MR) is 60.0 cm³/mol. The number of hydrogen-bond donors (Lipinski definition) is 3. The average Bonchev–Trinajstić information content (AvgIpc) is 2.18. The summed E-state index contributed by atoms with van der Waals surface area (Å²) in [6.07, 6.45) is 1.10. The lowest BCUT2D eigenvalue weighted by Crippen LogP contribution is -1.93. The fraction of sp³-hybridized carbons (Fsp3) is 0.333. The van der Waals surface area contributed by atoms with Gasteiger partial charge in [-0.2, -0.15) is 8.42 Å². The van der Waals surface area contributed by atoms with Crippen molar-refractivity contribution in [1.29, 1.82) is 0 Å². The highest BCUT2D eigenvalue weighted by atomic mass is 32.3. The number of nitrogens with two attached hydrogens (primary N) is 1. The summed E-state index contributed by atoms with van der Waals surface area (Å²) in [6, 6.07) is 12.0. The van der Waals surface area contributed by atoms with Crippen LogP contribution in [-0.4, -0.2) is 24.1 Å². The van der Waals surface area contributed by atoms with Crippen LogP contribution in [0.4, 0.5) is 0 Å². The third-order valence-corrected chi connectivity index (χ3v) is 0.955. The monoisotopic (exact) mass is 235 g/mol. The van der Waals surface area contributed by atoms with Crippen molar-refractivity contribution in [2.45, 2.75) is 13.3 Å². The van der Waals surface area contributed by atoms with Crippen LogP contribution < -0.4 is 5.73 Å². The molecule has 1 aromatic carbocycles. The van der Waals surface area contributed by atoms with Crippen LogP contribution in [0.5, 0.6) is 0 Å². The Morgan fingerprint density at radius 1 is 1.00 bits per heavy atom. The Morgan fingerprint density at radius 2 is 1.13 bits per heavy atom. The number of rotatable bonds is 1. The van der Waals surface area contributed by atoms with E-state index in [1.807, 2.05) is 36.4 Å². The Kier molecular flexibility index (Phi) is 12.2. The van der Waals surface area contributed by atoms with E-state index < -0.39 is 10.4 Å². The molecule has 0 unspecified atom stereocenters. The molecule has 88 valence electrons. The Bertz CT molecular complexity index is 262. The van der Waals surface area contributed by atoms with Gasteiger partial charge in [-0.1, -0.05) is 43.3 Å². The van der Waals surface area contributed by atoms with Crippen LogP contribution in [0.1, 0.15) is 13.3 Å². The van der Waals surface area contributed by atoms with Gasteiger partial charge >= 0.3 is 10.4 Å². The molecule has 4 N–H and O–H groups in total. The molecule has 0 aromatic heterocycles. The minimum Gasteiger partial charge on any atom is -0.330 e. The van der Waals surface area contributed by atoms with Gasteiger partial charge in [-0.05, 0) is 13.0 Å². The summed E-state index contributed by atoms with van der Waals surface area (Å²) in [5, 5.41) is 0. The van der Waals surface area contributed by atoms with E-state index in [4.69, 9.17) is 23.3 Å². The van der Waals surface area contributed by atoms with Gasteiger partial charge in [0.05, 0.1) is 0 Å². The molecular formula is C9H17NO4S. The molecule has 0 saturated heterocycles. The molecule has 1 aromatic rings. The Balaban J connectivity index is 0. The first kappa shape index (κ1) is 16.5. The molecule has 0 spiro atoms. The van der Waals surface area contributed by atoms with Crippen LogP contribution >= 0.6 is 0 Å². The second kappa shape index (κ2) is 11.1. The third kappa shape index (κ3) is 43.5. The fourth-order valence-corrected chi connectivity index (χ4v) is 0.385. The van der Waals surface area contributed by atoms with Crippen molar-refractivity contribution in [3.05, 3.63) is 36.4 Å². The zero-order valence-corrected chi connectivity index (χ0v) is 9.39. The third-order valence-electron chi connectivity index (χ3n) is 0.955. The molecule has 0 radical (unpaired) electrons. The van der Waals surface area contributed by atoms with E-state index in [-0.39, 0.29) is 0 Å². The first-order valence-corrected chi connectivity index (χ1v) is 5.71. The lowest BCUT2D eigenvalue weighted by Gasteiger charge is -1.70. The molecule has 0 fully saturated rings. The van der Waals surface area contributed by atoms with Crippen LogP contribution in [-0.2, 0) is 10.4 Å². The topological polar surface area (TPSA) is 101 Å². The van der Waals surface area contributed by atoms with Crippen molar-refractivity contribution in [3.8, 4) is 0 Å². The van der Waals surface area contributed by atoms with E-state index in [1.54, 1.807) is 0 Å². The van der Waals surface area contributed by atoms with Crippen molar-refractivity contribution in [2.24, 2.45) is 5.73 Å². The van der Waals surface area contributed by atoms with Gasteiger partial charge in [-0.3, -0.25) is 9.11 Å². The summed E-state index contributed by atoms with van der Waals surface area (Å²) in [5.74, 6) is 0. The largest absolute Gasteiger partial charge is 0.394 e. The molecular weight excluding hydrogens is 218 g/mol. The van der Waals surface area contributed by atoms with Crippen LogP contribution in [0.2, 0.25) is 0 Å². The van der Waals surface area contributed by atoms with E-state index in [0.717, 1.165) is 13.0 Å². The minimum absolute atomic E-state index is 0.819. The van der Waals surface area contributed by atoms with Gasteiger partial charge in [0.1, 0.15) is 0 Å². The highest BCUT2D eigenvalue weighted by Gasteiger charge is 1.84. The van der Waals surface area contributed by atoms with Gasteiger partial charge in [0.25, 0.3) is 0 Å². The average molecular weight is 235 g/mol. The van der Waals surface area contributed by atoms with E-state index in [9.17, 15) is 0 Å². The van der Waals surface area contributed by atoms with Gasteiger partial charge in [0, 0.05) is 0 Å². The second-order valence-corrected chi connectivity index (χ2v) is 3.29. The van der Waals surface area contributed by atoms with Crippen molar-refractivity contribution in [2.75, 3.05) is 6.54 Å². The van der Waals surface area contributed by atoms with Gasteiger partial charge in [-0.25, -0.2) is 0 Å². The van der Waals surface area contributed by atoms with E-state index in [2.05, 4.69) is 6.92 Å². The van der Waals surface area contributed by atoms with Crippen molar-refractivity contribution in [3.63, 3.8) is 0 Å². The normalized spacial score (nSPS) is 9.07. The fourth-order valence-electron chi connectivity index (χ4n) is 0.385. The molecule has 0 aliphatic heterocycles. The Morgan fingerprint density at radius 3 is 1.20 bits per heavy atom. The standard InChI is InChI=1S/C6H6.C3H9N.H2O4S/c1-2-4-6-5-3-1;1-2-3-4;1-5(2,3)4/h1-6H;2-4H2,1H3;(H2,1,2,3,4). The number of benzene rings is 1. The maximum Gasteiger partial charge on any atom is 0.394 e. The summed E-state index contributed by atoms with van der Waals surface area (Å²) in [6.45, 7) is 2.88. The Labute approximate surface area is 90.5 Å². The molecule has 6 heteroatoms. The van der Waals surface area contributed by atoms with Gasteiger partial charge in [-0.15, -0.1) is 0 Å². The van der Waals surface area contributed by atoms with Gasteiger partial charge in [0.2, 0.25) is 0 Å². The summed E-state index contributed by atoms with van der Waals surface area (Å²) in [5.41, 5.74) is 5.03. The van der Waals surface area contributed by atoms with Gasteiger partial charge < -0.3 is 5.73 Å². The summed E-state index contributed by atoms with van der Waals surface area (Å²) in [7, 11) is -4.67. The predicted octanol–water partition coefficient (Wildman–Crippen LogP) is 1.39. The summed E-state index contributed by atoms with van der Waals surface area (Å²) >= 11 is 0. The molecule has 0 atom stereocenters. The summed E-state index contributed by atoms with van der Waals surface area (Å²) < 4.78 is 31.6. The number of hydrogen-bond acceptors (Lipinski definition) is 3. The minimum atomic E-state index is -4.67. The molecule has 0 saturated carbocycles. The maximum absolute atomic E-state index is 8.74. The molecule has 5 nitrogen and oxygen atoms in total. The van der Waals surface area contributed by atoms with Gasteiger partial charge in [0.15, 0.2) is 0 Å². The molecule has 0 heterocycles. The zero-order chi connectivity index (χ0) is 12.2. The molecule has 0 aliphatic rings. The quantitative estimate of drug-likeness (QED) is 0.638. The maximum atomic E-state index is 8.74. The van der Waals surface area contributed by atoms with Crippen LogP contribution in [0.15, 0.2) is 36.4 Å².